The first kappa shape index (κ1) is 19.8. The normalized spacial score (nSPS) is 10.3. The van der Waals surface area contributed by atoms with Gasteiger partial charge in [-0.3, -0.25) is 4.90 Å². The minimum Gasteiger partial charge on any atom is -0.449 e. The standard InChI is InChI=1S/C20H22ClNO4/c1-5-22(20(24)25-6-2)17-12-13(3)11-14(4)18(17)26-19(23)15-7-9-16(21)10-8-15/h7-12H,5-6H2,1-4H3. The number of hydrogen-bond acceptors (Lipinski definition) is 4. The van der Waals surface area contributed by atoms with Gasteiger partial charge in [-0.15, -0.1) is 0 Å². The first-order valence-electron chi connectivity index (χ1n) is 8.40. The molecule has 2 aromatic rings. The summed E-state index contributed by atoms with van der Waals surface area (Å²) in [6.45, 7) is 7.97. The number of ether oxygens (including phenoxy) is 2. The van der Waals surface area contributed by atoms with E-state index in [9.17, 15) is 9.59 Å². The first-order valence-corrected chi connectivity index (χ1v) is 8.78. The summed E-state index contributed by atoms with van der Waals surface area (Å²) >= 11 is 5.86. The van der Waals surface area contributed by atoms with Crippen molar-refractivity contribution >= 4 is 29.4 Å². The second-order valence-electron chi connectivity index (χ2n) is 5.77. The van der Waals surface area contributed by atoms with Crippen LogP contribution in [0.25, 0.3) is 0 Å². The van der Waals surface area contributed by atoms with Crippen LogP contribution in [0.1, 0.15) is 35.3 Å². The minimum absolute atomic E-state index is 0.264. The van der Waals surface area contributed by atoms with Gasteiger partial charge in [0.05, 0.1) is 17.9 Å². The Bertz CT molecular complexity index is 802. The summed E-state index contributed by atoms with van der Waals surface area (Å²) in [6.07, 6.45) is -0.483. The lowest BCUT2D eigenvalue weighted by molar-refractivity contribution is 0.0733. The second kappa shape index (κ2) is 8.72. The Balaban J connectivity index is 2.42. The van der Waals surface area contributed by atoms with Crippen LogP contribution in [0.4, 0.5) is 10.5 Å². The molecule has 138 valence electrons. The number of esters is 1. The lowest BCUT2D eigenvalue weighted by Crippen LogP contribution is -2.32. The SMILES string of the molecule is CCOC(=O)N(CC)c1cc(C)cc(C)c1OC(=O)c1ccc(Cl)cc1. The van der Waals surface area contributed by atoms with Crippen LogP contribution in [0.3, 0.4) is 0 Å². The van der Waals surface area contributed by atoms with Crippen molar-refractivity contribution in [3.8, 4) is 5.75 Å². The fourth-order valence-electron chi connectivity index (χ4n) is 2.60. The van der Waals surface area contributed by atoms with Crippen LogP contribution in [0.15, 0.2) is 36.4 Å². The highest BCUT2D eigenvalue weighted by atomic mass is 35.5. The highest BCUT2D eigenvalue weighted by Gasteiger charge is 2.23. The van der Waals surface area contributed by atoms with Gasteiger partial charge in [0.1, 0.15) is 0 Å². The molecular formula is C20H22ClNO4. The van der Waals surface area contributed by atoms with Crippen molar-refractivity contribution in [2.45, 2.75) is 27.7 Å². The van der Waals surface area contributed by atoms with E-state index in [1.165, 1.54) is 4.90 Å². The second-order valence-corrected chi connectivity index (χ2v) is 6.21. The molecule has 0 heterocycles. The van der Waals surface area contributed by atoms with Gasteiger partial charge in [0.2, 0.25) is 0 Å². The molecule has 0 saturated carbocycles. The molecule has 0 N–H and O–H groups in total. The number of anilines is 1. The van der Waals surface area contributed by atoms with E-state index in [1.54, 1.807) is 37.3 Å². The van der Waals surface area contributed by atoms with Crippen LogP contribution in [-0.4, -0.2) is 25.2 Å². The maximum Gasteiger partial charge on any atom is 0.414 e. The third-order valence-electron chi connectivity index (χ3n) is 3.77. The molecule has 0 aliphatic heterocycles. The third kappa shape index (κ3) is 4.55. The molecule has 0 aliphatic rings. The Labute approximate surface area is 158 Å². The van der Waals surface area contributed by atoms with Crippen molar-refractivity contribution in [1.29, 1.82) is 0 Å². The monoisotopic (exact) mass is 375 g/mol. The number of halogens is 1. The minimum atomic E-state index is -0.519. The summed E-state index contributed by atoms with van der Waals surface area (Å²) in [5, 5.41) is 0.535. The summed E-state index contributed by atoms with van der Waals surface area (Å²) in [6, 6.07) is 10.1. The molecule has 2 aromatic carbocycles. The smallest absolute Gasteiger partial charge is 0.414 e. The average Bonchev–Trinajstić information content (AvgIpc) is 2.59. The van der Waals surface area contributed by atoms with Crippen LogP contribution in [-0.2, 0) is 4.74 Å². The Hall–Kier alpha value is -2.53. The van der Waals surface area contributed by atoms with E-state index >= 15 is 0 Å². The van der Waals surface area contributed by atoms with E-state index in [1.807, 2.05) is 26.8 Å². The van der Waals surface area contributed by atoms with Gasteiger partial charge in [-0.05, 0) is 69.2 Å². The third-order valence-corrected chi connectivity index (χ3v) is 4.02. The van der Waals surface area contributed by atoms with E-state index in [0.29, 0.717) is 28.6 Å². The molecule has 26 heavy (non-hydrogen) atoms. The zero-order valence-electron chi connectivity index (χ0n) is 15.3. The van der Waals surface area contributed by atoms with Crippen LogP contribution in [0.5, 0.6) is 5.75 Å². The Morgan fingerprint density at radius 1 is 1.08 bits per heavy atom. The van der Waals surface area contributed by atoms with Gasteiger partial charge < -0.3 is 9.47 Å². The molecule has 0 radical (unpaired) electrons. The predicted molar refractivity (Wildman–Crippen MR) is 102 cm³/mol. The summed E-state index contributed by atoms with van der Waals surface area (Å²) in [4.78, 5) is 26.3. The van der Waals surface area contributed by atoms with Crippen LogP contribution < -0.4 is 9.64 Å². The largest absolute Gasteiger partial charge is 0.449 e. The lowest BCUT2D eigenvalue weighted by atomic mass is 10.1. The molecule has 0 unspecified atom stereocenters. The number of aryl methyl sites for hydroxylation is 2. The van der Waals surface area contributed by atoms with Gasteiger partial charge in [-0.2, -0.15) is 0 Å². The maximum absolute atomic E-state index is 12.5. The number of carbonyl (C=O) groups excluding carboxylic acids is 2. The topological polar surface area (TPSA) is 55.8 Å². The molecule has 0 bridgehead atoms. The quantitative estimate of drug-likeness (QED) is 0.535. The Morgan fingerprint density at radius 3 is 2.31 bits per heavy atom. The van der Waals surface area contributed by atoms with Gasteiger partial charge in [0, 0.05) is 11.6 Å². The van der Waals surface area contributed by atoms with Crippen molar-refractivity contribution in [3.05, 3.63) is 58.1 Å². The first-order chi connectivity index (χ1) is 12.4. The fraction of sp³-hybridized carbons (Fsp3) is 0.300. The molecular weight excluding hydrogens is 354 g/mol. The van der Waals surface area contributed by atoms with E-state index in [-0.39, 0.29) is 6.61 Å². The van der Waals surface area contributed by atoms with Gasteiger partial charge in [0.15, 0.2) is 5.75 Å². The summed E-state index contributed by atoms with van der Waals surface area (Å²) < 4.78 is 10.8. The fourth-order valence-corrected chi connectivity index (χ4v) is 2.73. The zero-order valence-corrected chi connectivity index (χ0v) is 16.1. The average molecular weight is 376 g/mol. The number of hydrogen-bond donors (Lipinski definition) is 0. The Kier molecular flexibility index (Phi) is 6.64. The van der Waals surface area contributed by atoms with Gasteiger partial charge >= 0.3 is 12.1 Å². The number of benzene rings is 2. The van der Waals surface area contributed by atoms with E-state index in [0.717, 1.165) is 11.1 Å². The van der Waals surface area contributed by atoms with Gasteiger partial charge in [0.25, 0.3) is 0 Å². The van der Waals surface area contributed by atoms with Crippen molar-refractivity contribution in [3.63, 3.8) is 0 Å². The summed E-state index contributed by atoms with van der Waals surface area (Å²) in [5.41, 5.74) is 2.59. The number of carbonyl (C=O) groups is 2. The molecule has 2 rings (SSSR count). The van der Waals surface area contributed by atoms with E-state index in [2.05, 4.69) is 0 Å². The van der Waals surface area contributed by atoms with Crippen LogP contribution in [0.2, 0.25) is 5.02 Å². The molecule has 6 heteroatoms. The molecule has 0 spiro atoms. The highest BCUT2D eigenvalue weighted by molar-refractivity contribution is 6.30. The number of rotatable bonds is 5. The van der Waals surface area contributed by atoms with Crippen LogP contribution >= 0.6 is 11.6 Å². The lowest BCUT2D eigenvalue weighted by Gasteiger charge is -2.24. The molecule has 0 aliphatic carbocycles. The van der Waals surface area contributed by atoms with Crippen molar-refractivity contribution < 1.29 is 19.1 Å². The maximum atomic E-state index is 12.5. The van der Waals surface area contributed by atoms with E-state index < -0.39 is 12.1 Å². The number of nitrogens with zero attached hydrogens (tertiary/aromatic N) is 1. The zero-order chi connectivity index (χ0) is 19.3. The van der Waals surface area contributed by atoms with Gasteiger partial charge in [-0.25, -0.2) is 9.59 Å². The van der Waals surface area contributed by atoms with Crippen molar-refractivity contribution in [2.75, 3.05) is 18.1 Å². The molecule has 0 aromatic heterocycles. The van der Waals surface area contributed by atoms with E-state index in [4.69, 9.17) is 21.1 Å². The van der Waals surface area contributed by atoms with Crippen LogP contribution in [0, 0.1) is 13.8 Å². The summed E-state index contributed by atoms with van der Waals surface area (Å²) in [7, 11) is 0. The molecule has 0 atom stereocenters. The van der Waals surface area contributed by atoms with Crippen molar-refractivity contribution in [1.82, 2.24) is 0 Å². The molecule has 5 nitrogen and oxygen atoms in total. The molecule has 0 saturated heterocycles. The van der Waals surface area contributed by atoms with Crippen molar-refractivity contribution in [2.24, 2.45) is 0 Å². The Morgan fingerprint density at radius 2 is 1.73 bits per heavy atom. The highest BCUT2D eigenvalue weighted by Crippen LogP contribution is 2.34. The van der Waals surface area contributed by atoms with Gasteiger partial charge in [-0.1, -0.05) is 17.7 Å². The summed E-state index contributed by atoms with van der Waals surface area (Å²) in [5.74, 6) is -0.180. The number of amides is 1. The predicted octanol–water partition coefficient (Wildman–Crippen LogP) is 5.16. The molecule has 1 amide bonds. The molecule has 0 fully saturated rings.